The van der Waals surface area contributed by atoms with E-state index in [0.29, 0.717) is 13.0 Å². The third-order valence-electron chi connectivity index (χ3n) is 4.27. The van der Waals surface area contributed by atoms with E-state index in [9.17, 15) is 13.5 Å². The second-order valence-electron chi connectivity index (χ2n) is 6.59. The lowest BCUT2D eigenvalue weighted by Gasteiger charge is -2.29. The first-order chi connectivity index (χ1) is 12.3. The fraction of sp³-hybridized carbons (Fsp3) is 0.400. The maximum absolute atomic E-state index is 12.8. The average molecular weight is 377 g/mol. The molecule has 3 N–H and O–H groups in total. The molecule has 0 fully saturated rings. The van der Waals surface area contributed by atoms with Gasteiger partial charge in [-0.15, -0.1) is 0 Å². The lowest BCUT2D eigenvalue weighted by atomic mass is 9.98. The van der Waals surface area contributed by atoms with E-state index in [1.165, 1.54) is 0 Å². The minimum absolute atomic E-state index is 0.240. The zero-order valence-electron chi connectivity index (χ0n) is 15.5. The maximum Gasteiger partial charge on any atom is 0.240 e. The van der Waals surface area contributed by atoms with Gasteiger partial charge in [-0.05, 0) is 38.0 Å². The smallest absolute Gasteiger partial charge is 0.240 e. The third kappa shape index (κ3) is 5.64. The monoisotopic (exact) mass is 376 g/mol. The molecule has 0 aliphatic rings. The Balaban J connectivity index is 2.27. The summed E-state index contributed by atoms with van der Waals surface area (Å²) in [7, 11) is -3.63. The Morgan fingerprint density at radius 2 is 1.65 bits per heavy atom. The summed E-state index contributed by atoms with van der Waals surface area (Å²) >= 11 is 0. The van der Waals surface area contributed by atoms with Crippen molar-refractivity contribution in [1.82, 2.24) is 10.0 Å². The van der Waals surface area contributed by atoms with E-state index in [1.54, 1.807) is 31.2 Å². The molecule has 0 spiro atoms. The van der Waals surface area contributed by atoms with Gasteiger partial charge >= 0.3 is 0 Å². The van der Waals surface area contributed by atoms with Crippen LogP contribution < -0.4 is 10.0 Å². The second-order valence-corrected chi connectivity index (χ2v) is 8.31. The second kappa shape index (κ2) is 9.28. The number of aliphatic hydroxyl groups excluding tert-OH is 1. The Hall–Kier alpha value is -1.73. The molecule has 0 amide bonds. The molecule has 2 aromatic rings. The van der Waals surface area contributed by atoms with Crippen molar-refractivity contribution in [2.45, 2.75) is 50.3 Å². The van der Waals surface area contributed by atoms with Crippen LogP contribution in [0.2, 0.25) is 0 Å². The van der Waals surface area contributed by atoms with Gasteiger partial charge in [-0.3, -0.25) is 0 Å². The molecule has 142 valence electrons. The highest BCUT2D eigenvalue weighted by Crippen LogP contribution is 2.21. The lowest BCUT2D eigenvalue weighted by molar-refractivity contribution is 0.182. The van der Waals surface area contributed by atoms with Gasteiger partial charge < -0.3 is 10.4 Å². The molecule has 0 aliphatic carbocycles. The summed E-state index contributed by atoms with van der Waals surface area (Å²) in [4.78, 5) is 0.254. The Morgan fingerprint density at radius 1 is 1.04 bits per heavy atom. The van der Waals surface area contributed by atoms with Crippen LogP contribution in [-0.2, 0) is 10.0 Å². The first-order valence-corrected chi connectivity index (χ1v) is 10.4. The lowest BCUT2D eigenvalue weighted by Crippen LogP contribution is -2.45. The molecule has 6 heteroatoms. The molecule has 0 aliphatic heterocycles. The SMILES string of the molecule is CC[C@H](NS(=O)(=O)c1ccc(C)cc1)[C@H](NCC(C)O)c1ccccc1. The summed E-state index contributed by atoms with van der Waals surface area (Å²) in [5, 5.41) is 12.9. The Kier molecular flexibility index (Phi) is 7.34. The van der Waals surface area contributed by atoms with Crippen LogP contribution in [0.25, 0.3) is 0 Å². The molecule has 3 atom stereocenters. The molecule has 1 unspecified atom stereocenters. The van der Waals surface area contributed by atoms with Crippen molar-refractivity contribution in [2.24, 2.45) is 0 Å². The highest BCUT2D eigenvalue weighted by atomic mass is 32.2. The van der Waals surface area contributed by atoms with E-state index >= 15 is 0 Å². The number of hydrogen-bond donors (Lipinski definition) is 3. The number of aryl methyl sites for hydroxylation is 1. The summed E-state index contributed by atoms with van der Waals surface area (Å²) in [5.41, 5.74) is 1.99. The van der Waals surface area contributed by atoms with E-state index < -0.39 is 16.1 Å². The molecule has 0 saturated heterocycles. The molecular formula is C20H28N2O3S. The van der Waals surface area contributed by atoms with Gasteiger partial charge in [0.15, 0.2) is 0 Å². The van der Waals surface area contributed by atoms with Crippen LogP contribution >= 0.6 is 0 Å². The summed E-state index contributed by atoms with van der Waals surface area (Å²) in [6.07, 6.45) is 0.0877. The van der Waals surface area contributed by atoms with E-state index in [2.05, 4.69) is 10.0 Å². The quantitative estimate of drug-likeness (QED) is 0.629. The van der Waals surface area contributed by atoms with Gasteiger partial charge in [0.2, 0.25) is 10.0 Å². The fourth-order valence-electron chi connectivity index (χ4n) is 2.82. The van der Waals surface area contributed by atoms with Crippen LogP contribution in [0.5, 0.6) is 0 Å². The van der Waals surface area contributed by atoms with Crippen LogP contribution in [0.1, 0.15) is 37.4 Å². The summed E-state index contributed by atoms with van der Waals surface area (Å²) in [6, 6.07) is 15.9. The van der Waals surface area contributed by atoms with Crippen LogP contribution in [0.3, 0.4) is 0 Å². The number of rotatable bonds is 9. The third-order valence-corrected chi connectivity index (χ3v) is 5.78. The van der Waals surface area contributed by atoms with Crippen molar-refractivity contribution in [3.63, 3.8) is 0 Å². The van der Waals surface area contributed by atoms with E-state index in [0.717, 1.165) is 11.1 Å². The van der Waals surface area contributed by atoms with Crippen molar-refractivity contribution in [3.8, 4) is 0 Å². The standard InChI is InChI=1S/C20H28N2O3S/c1-4-19(22-26(24,25)18-12-10-15(2)11-13-18)20(21-14-16(3)23)17-8-6-5-7-9-17/h5-13,16,19-23H,4,14H2,1-3H3/t16?,19-,20+/m0/s1. The molecule has 2 rings (SSSR count). The summed E-state index contributed by atoms with van der Waals surface area (Å²) in [5.74, 6) is 0. The van der Waals surface area contributed by atoms with Crippen molar-refractivity contribution in [3.05, 3.63) is 65.7 Å². The molecule has 0 aromatic heterocycles. The summed E-state index contributed by atoms with van der Waals surface area (Å²) in [6.45, 7) is 5.95. The first-order valence-electron chi connectivity index (χ1n) is 8.89. The van der Waals surface area contributed by atoms with Crippen LogP contribution in [0.15, 0.2) is 59.5 Å². The van der Waals surface area contributed by atoms with E-state index in [-0.39, 0.29) is 17.0 Å². The Bertz CT molecular complexity index is 774. The molecule has 0 bridgehead atoms. The fourth-order valence-corrected chi connectivity index (χ4v) is 4.15. The van der Waals surface area contributed by atoms with Crippen molar-refractivity contribution in [2.75, 3.05) is 6.54 Å². The predicted octanol–water partition coefficient (Wildman–Crippen LogP) is 2.76. The molecular weight excluding hydrogens is 348 g/mol. The molecule has 2 aromatic carbocycles. The van der Waals surface area contributed by atoms with E-state index in [1.807, 2.05) is 44.2 Å². The maximum atomic E-state index is 12.8. The zero-order valence-corrected chi connectivity index (χ0v) is 16.3. The highest BCUT2D eigenvalue weighted by Gasteiger charge is 2.27. The number of aliphatic hydroxyl groups is 1. The molecule has 0 heterocycles. The number of benzene rings is 2. The van der Waals surface area contributed by atoms with Crippen LogP contribution in [0.4, 0.5) is 0 Å². The Morgan fingerprint density at radius 3 is 2.19 bits per heavy atom. The minimum atomic E-state index is -3.63. The first kappa shape index (κ1) is 20.6. The van der Waals surface area contributed by atoms with Crippen LogP contribution in [-0.4, -0.2) is 32.2 Å². The van der Waals surface area contributed by atoms with Gasteiger partial charge in [-0.1, -0.05) is 55.0 Å². The van der Waals surface area contributed by atoms with Crippen molar-refractivity contribution in [1.29, 1.82) is 0 Å². The predicted molar refractivity (Wildman–Crippen MR) is 104 cm³/mol. The van der Waals surface area contributed by atoms with Crippen molar-refractivity contribution >= 4 is 10.0 Å². The molecule has 0 radical (unpaired) electrons. The van der Waals surface area contributed by atoms with Gasteiger partial charge in [0, 0.05) is 18.6 Å². The minimum Gasteiger partial charge on any atom is -0.392 e. The number of hydrogen-bond acceptors (Lipinski definition) is 4. The van der Waals surface area contributed by atoms with Gasteiger partial charge in [0.05, 0.1) is 11.0 Å². The normalized spacial score (nSPS) is 15.4. The topological polar surface area (TPSA) is 78.4 Å². The average Bonchev–Trinajstić information content (AvgIpc) is 2.61. The largest absolute Gasteiger partial charge is 0.392 e. The van der Waals surface area contributed by atoms with Gasteiger partial charge in [-0.25, -0.2) is 13.1 Å². The van der Waals surface area contributed by atoms with Gasteiger partial charge in [0.25, 0.3) is 0 Å². The zero-order chi connectivity index (χ0) is 19.2. The van der Waals surface area contributed by atoms with Crippen molar-refractivity contribution < 1.29 is 13.5 Å². The van der Waals surface area contributed by atoms with Gasteiger partial charge in [-0.2, -0.15) is 0 Å². The number of nitrogens with one attached hydrogen (secondary N) is 2. The van der Waals surface area contributed by atoms with Gasteiger partial charge in [0.1, 0.15) is 0 Å². The summed E-state index contributed by atoms with van der Waals surface area (Å²) < 4.78 is 28.4. The molecule has 5 nitrogen and oxygen atoms in total. The number of sulfonamides is 1. The van der Waals surface area contributed by atoms with Crippen LogP contribution in [0, 0.1) is 6.92 Å². The molecule has 0 saturated carbocycles. The molecule has 26 heavy (non-hydrogen) atoms. The van der Waals surface area contributed by atoms with E-state index in [4.69, 9.17) is 0 Å². The highest BCUT2D eigenvalue weighted by molar-refractivity contribution is 7.89. The Labute approximate surface area is 156 Å².